The van der Waals surface area contributed by atoms with Crippen LogP contribution >= 0.6 is 0 Å². The van der Waals surface area contributed by atoms with Crippen LogP contribution in [0.15, 0.2) is 36.4 Å². The van der Waals surface area contributed by atoms with Gasteiger partial charge >= 0.3 is 5.97 Å². The minimum absolute atomic E-state index is 0.0611. The first-order valence-electron chi connectivity index (χ1n) is 11.1. The number of nitrogens with two attached hydrogens (primary N) is 1. The molecule has 3 rings (SSSR count). The van der Waals surface area contributed by atoms with Gasteiger partial charge in [-0.05, 0) is 43.0 Å². The second-order valence-electron chi connectivity index (χ2n) is 7.94. The first-order valence-corrected chi connectivity index (χ1v) is 11.1. The van der Waals surface area contributed by atoms with Gasteiger partial charge in [-0.15, -0.1) is 0 Å². The lowest BCUT2D eigenvalue weighted by atomic mass is 9.94. The highest BCUT2D eigenvalue weighted by molar-refractivity contribution is 5.94. The quantitative estimate of drug-likeness (QED) is 0.596. The Morgan fingerprint density at radius 2 is 1.85 bits per heavy atom. The zero-order chi connectivity index (χ0) is 24.8. The molecule has 0 spiro atoms. The SMILES string of the molecule is C=C(C=c1c(C(=O)N2Cc3ccccc3C2)nc(N)nc1=CC)C(CCC(F)F)C(=O)OCC. The van der Waals surface area contributed by atoms with Gasteiger partial charge in [0.2, 0.25) is 12.4 Å². The van der Waals surface area contributed by atoms with Gasteiger partial charge in [-0.1, -0.05) is 36.9 Å². The van der Waals surface area contributed by atoms with E-state index in [1.165, 1.54) is 6.08 Å². The van der Waals surface area contributed by atoms with E-state index in [4.69, 9.17) is 10.5 Å². The highest BCUT2D eigenvalue weighted by atomic mass is 19.3. The molecule has 2 aromatic rings. The highest BCUT2D eigenvalue weighted by Gasteiger charge is 2.27. The van der Waals surface area contributed by atoms with Gasteiger partial charge in [0, 0.05) is 24.7 Å². The summed E-state index contributed by atoms with van der Waals surface area (Å²) in [5.74, 6) is -2.07. The topological polar surface area (TPSA) is 98.4 Å². The maximum absolute atomic E-state index is 13.5. The Labute approximate surface area is 196 Å². The predicted octanol–water partition coefficient (Wildman–Crippen LogP) is 2.58. The number of halogens is 2. The van der Waals surface area contributed by atoms with E-state index in [-0.39, 0.29) is 36.2 Å². The molecule has 1 aromatic carbocycles. The Kier molecular flexibility index (Phi) is 8.09. The molecule has 7 nitrogen and oxygen atoms in total. The molecule has 0 radical (unpaired) electrons. The van der Waals surface area contributed by atoms with E-state index in [1.54, 1.807) is 24.8 Å². The largest absolute Gasteiger partial charge is 0.466 e. The van der Waals surface area contributed by atoms with Crippen LogP contribution in [0.3, 0.4) is 0 Å². The number of aromatic nitrogens is 2. The molecule has 1 atom stereocenters. The van der Waals surface area contributed by atoms with Gasteiger partial charge in [0.25, 0.3) is 5.91 Å². The molecule has 0 saturated carbocycles. The summed E-state index contributed by atoms with van der Waals surface area (Å²) in [4.78, 5) is 36.0. The number of carbonyl (C=O) groups excluding carboxylic acids is 2. The average Bonchev–Trinajstić information content (AvgIpc) is 3.24. The molecule has 1 amide bonds. The summed E-state index contributed by atoms with van der Waals surface area (Å²) in [5.41, 5.74) is 8.26. The van der Waals surface area contributed by atoms with E-state index in [0.717, 1.165) is 11.1 Å². The summed E-state index contributed by atoms with van der Waals surface area (Å²) in [6.07, 6.45) is -0.0433. The van der Waals surface area contributed by atoms with Crippen molar-refractivity contribution in [3.63, 3.8) is 0 Å². The lowest BCUT2D eigenvalue weighted by Crippen LogP contribution is -2.40. The van der Waals surface area contributed by atoms with Crippen molar-refractivity contribution in [1.29, 1.82) is 0 Å². The molecule has 180 valence electrons. The van der Waals surface area contributed by atoms with Crippen molar-refractivity contribution in [2.45, 2.75) is 46.2 Å². The van der Waals surface area contributed by atoms with E-state index >= 15 is 0 Å². The average molecular weight is 471 g/mol. The third-order valence-electron chi connectivity index (χ3n) is 5.62. The zero-order valence-electron chi connectivity index (χ0n) is 19.3. The molecule has 1 unspecified atom stereocenters. The summed E-state index contributed by atoms with van der Waals surface area (Å²) in [6.45, 7) is 8.24. The zero-order valence-corrected chi connectivity index (χ0v) is 19.3. The number of ether oxygens (including phenoxy) is 1. The number of rotatable bonds is 8. The summed E-state index contributed by atoms with van der Waals surface area (Å²) in [7, 11) is 0. The highest BCUT2D eigenvalue weighted by Crippen LogP contribution is 2.24. The Balaban J connectivity index is 2.04. The number of amides is 1. The monoisotopic (exact) mass is 470 g/mol. The van der Waals surface area contributed by atoms with Gasteiger partial charge in [-0.2, -0.15) is 0 Å². The summed E-state index contributed by atoms with van der Waals surface area (Å²) in [5, 5.41) is 0.708. The molecule has 0 bridgehead atoms. The fourth-order valence-corrected chi connectivity index (χ4v) is 3.93. The van der Waals surface area contributed by atoms with Crippen molar-refractivity contribution in [3.05, 3.63) is 63.8 Å². The van der Waals surface area contributed by atoms with E-state index in [0.29, 0.717) is 23.7 Å². The first-order chi connectivity index (χ1) is 16.2. The Hall–Kier alpha value is -3.62. The summed E-state index contributed by atoms with van der Waals surface area (Å²) in [6, 6.07) is 7.75. The molecule has 2 heterocycles. The Morgan fingerprint density at radius 1 is 1.21 bits per heavy atom. The third-order valence-corrected chi connectivity index (χ3v) is 5.62. The second kappa shape index (κ2) is 11.0. The number of fused-ring (bicyclic) bond motifs is 1. The fraction of sp³-hybridized carbons (Fsp3) is 0.360. The number of hydrogen-bond donors (Lipinski definition) is 1. The van der Waals surface area contributed by atoms with Crippen LogP contribution in [-0.2, 0) is 22.6 Å². The van der Waals surface area contributed by atoms with Crippen LogP contribution in [0.5, 0.6) is 0 Å². The van der Waals surface area contributed by atoms with Gasteiger partial charge in [0.1, 0.15) is 5.69 Å². The number of benzene rings is 1. The molecule has 0 aliphatic carbocycles. The molecule has 1 aromatic heterocycles. The van der Waals surface area contributed by atoms with Crippen LogP contribution in [0, 0.1) is 5.92 Å². The minimum Gasteiger partial charge on any atom is -0.466 e. The van der Waals surface area contributed by atoms with Crippen molar-refractivity contribution < 1.29 is 23.1 Å². The molecular weight excluding hydrogens is 442 g/mol. The molecule has 34 heavy (non-hydrogen) atoms. The van der Waals surface area contributed by atoms with Crippen LogP contribution in [0.2, 0.25) is 0 Å². The van der Waals surface area contributed by atoms with Crippen LogP contribution in [0.25, 0.3) is 12.2 Å². The minimum atomic E-state index is -2.57. The molecule has 1 aliphatic rings. The standard InChI is InChI=1S/C25H28F2N4O3/c1-4-20-19(12-15(3)18(10-11-21(26)27)24(33)34-5-2)22(30-25(28)29-20)23(32)31-13-16-8-6-7-9-17(16)14-31/h4,6-9,12,18,21H,3,5,10-11,13-14H2,1-2H3,(H2,28,29). The molecule has 1 aliphatic heterocycles. The number of hydrogen-bond acceptors (Lipinski definition) is 6. The molecule has 2 N–H and O–H groups in total. The smallest absolute Gasteiger partial charge is 0.313 e. The molecular formula is C25H28F2N4O3. The van der Waals surface area contributed by atoms with E-state index in [1.807, 2.05) is 24.3 Å². The Bertz CT molecular complexity index is 1190. The number of alkyl halides is 2. The number of anilines is 1. The summed E-state index contributed by atoms with van der Waals surface area (Å²) >= 11 is 0. The van der Waals surface area contributed by atoms with Crippen molar-refractivity contribution in [2.75, 3.05) is 12.3 Å². The van der Waals surface area contributed by atoms with Crippen molar-refractivity contribution in [1.82, 2.24) is 14.9 Å². The van der Waals surface area contributed by atoms with E-state index in [2.05, 4.69) is 16.5 Å². The number of nitrogens with zero attached hydrogens (tertiary/aromatic N) is 3. The van der Waals surface area contributed by atoms with Gasteiger partial charge in [-0.3, -0.25) is 9.59 Å². The number of carbonyl (C=O) groups is 2. The second-order valence-corrected chi connectivity index (χ2v) is 7.94. The molecule has 9 heteroatoms. The van der Waals surface area contributed by atoms with E-state index < -0.39 is 24.7 Å². The first kappa shape index (κ1) is 25.0. The van der Waals surface area contributed by atoms with Crippen LogP contribution < -0.4 is 16.3 Å². The Morgan fingerprint density at radius 3 is 2.41 bits per heavy atom. The lowest BCUT2D eigenvalue weighted by molar-refractivity contribution is -0.146. The van der Waals surface area contributed by atoms with E-state index in [9.17, 15) is 18.4 Å². The van der Waals surface area contributed by atoms with Crippen LogP contribution in [-0.4, -0.2) is 39.8 Å². The number of nitrogen functional groups attached to an aromatic ring is 1. The van der Waals surface area contributed by atoms with Gasteiger partial charge < -0.3 is 15.4 Å². The predicted molar refractivity (Wildman–Crippen MR) is 125 cm³/mol. The van der Waals surface area contributed by atoms with Crippen LogP contribution in [0.1, 0.15) is 48.3 Å². The maximum Gasteiger partial charge on any atom is 0.313 e. The molecule has 0 fully saturated rings. The lowest BCUT2D eigenvalue weighted by Gasteiger charge is -2.17. The molecule has 0 saturated heterocycles. The van der Waals surface area contributed by atoms with Gasteiger partial charge in [0.15, 0.2) is 0 Å². The maximum atomic E-state index is 13.5. The van der Waals surface area contributed by atoms with Crippen molar-refractivity contribution in [3.8, 4) is 0 Å². The number of esters is 1. The van der Waals surface area contributed by atoms with Crippen LogP contribution in [0.4, 0.5) is 14.7 Å². The van der Waals surface area contributed by atoms with Crippen molar-refractivity contribution in [2.24, 2.45) is 5.92 Å². The summed E-state index contributed by atoms with van der Waals surface area (Å²) < 4.78 is 30.8. The van der Waals surface area contributed by atoms with Gasteiger partial charge in [-0.25, -0.2) is 18.7 Å². The third kappa shape index (κ3) is 5.65. The fourth-order valence-electron chi connectivity index (χ4n) is 3.93. The normalized spacial score (nSPS) is 14.9. The van der Waals surface area contributed by atoms with Crippen molar-refractivity contribution >= 4 is 30.0 Å². The van der Waals surface area contributed by atoms with Gasteiger partial charge in [0.05, 0.1) is 17.9 Å².